The molecule has 0 aromatic carbocycles. The molecule has 1 saturated carbocycles. The van der Waals surface area contributed by atoms with Crippen LogP contribution in [0.5, 0.6) is 0 Å². The second-order valence-electron chi connectivity index (χ2n) is 4.99. The Balaban J connectivity index is 1.74. The maximum absolute atomic E-state index is 3.65. The molecule has 2 unspecified atom stereocenters. The van der Waals surface area contributed by atoms with E-state index in [1.165, 1.54) is 45.2 Å². The number of nitrogens with one attached hydrogen (secondary N) is 1. The summed E-state index contributed by atoms with van der Waals surface area (Å²) in [5.41, 5.74) is 0. The lowest BCUT2D eigenvalue weighted by Crippen LogP contribution is -2.48. The van der Waals surface area contributed by atoms with Gasteiger partial charge in [-0.25, -0.2) is 0 Å². The highest BCUT2D eigenvalue weighted by Gasteiger charge is 2.35. The molecule has 1 N–H and O–H groups in total. The Hall–Kier alpha value is -0.0800. The van der Waals surface area contributed by atoms with E-state index in [0.717, 1.165) is 18.1 Å². The Morgan fingerprint density at radius 3 is 2.64 bits per heavy atom. The third-order valence-corrected chi connectivity index (χ3v) is 3.63. The molecule has 0 aromatic heterocycles. The summed E-state index contributed by atoms with van der Waals surface area (Å²) in [6.45, 7) is 7.17. The van der Waals surface area contributed by atoms with Crippen LogP contribution in [0.25, 0.3) is 0 Å². The zero-order chi connectivity index (χ0) is 9.97. The Bertz CT molecular complexity index is 177. The van der Waals surface area contributed by atoms with Crippen molar-refractivity contribution < 1.29 is 0 Å². The number of rotatable bonds is 4. The van der Waals surface area contributed by atoms with E-state index in [1.54, 1.807) is 0 Å². The van der Waals surface area contributed by atoms with E-state index in [9.17, 15) is 0 Å². The average Bonchev–Trinajstić information content (AvgIpc) is 2.98. The Morgan fingerprint density at radius 1 is 1.29 bits per heavy atom. The number of piperidine rings is 1. The first-order chi connectivity index (χ1) is 6.81. The van der Waals surface area contributed by atoms with E-state index in [0.29, 0.717) is 0 Å². The second kappa shape index (κ2) is 4.63. The molecule has 14 heavy (non-hydrogen) atoms. The molecule has 1 aliphatic heterocycles. The van der Waals surface area contributed by atoms with Crippen LogP contribution in [0.1, 0.15) is 46.0 Å². The minimum Gasteiger partial charge on any atom is -0.314 e. The molecule has 0 amide bonds. The van der Waals surface area contributed by atoms with Gasteiger partial charge in [-0.1, -0.05) is 6.92 Å². The fourth-order valence-corrected chi connectivity index (χ4v) is 2.67. The standard InChI is InChI=1S/C12H24N2/c1-3-7-13-11-6-8-14(10(2)9-11)12-4-5-12/h10-13H,3-9H2,1-2H3. The van der Waals surface area contributed by atoms with Gasteiger partial charge in [-0.3, -0.25) is 4.90 Å². The zero-order valence-electron chi connectivity index (χ0n) is 9.63. The highest BCUT2D eigenvalue weighted by atomic mass is 15.2. The molecule has 0 bridgehead atoms. The van der Waals surface area contributed by atoms with Crippen molar-refractivity contribution in [1.82, 2.24) is 10.2 Å². The van der Waals surface area contributed by atoms with Crippen LogP contribution in [0.3, 0.4) is 0 Å². The fraction of sp³-hybridized carbons (Fsp3) is 1.00. The van der Waals surface area contributed by atoms with Crippen LogP contribution < -0.4 is 5.32 Å². The smallest absolute Gasteiger partial charge is 0.00992 e. The number of hydrogen-bond acceptors (Lipinski definition) is 2. The summed E-state index contributed by atoms with van der Waals surface area (Å²) in [7, 11) is 0. The largest absolute Gasteiger partial charge is 0.314 e. The minimum absolute atomic E-state index is 0.792. The van der Waals surface area contributed by atoms with E-state index >= 15 is 0 Å². The van der Waals surface area contributed by atoms with Gasteiger partial charge >= 0.3 is 0 Å². The van der Waals surface area contributed by atoms with Crippen molar-refractivity contribution in [2.75, 3.05) is 13.1 Å². The predicted octanol–water partition coefficient (Wildman–Crippen LogP) is 2.00. The summed E-state index contributed by atoms with van der Waals surface area (Å²) in [5, 5.41) is 3.65. The topological polar surface area (TPSA) is 15.3 Å². The second-order valence-corrected chi connectivity index (χ2v) is 4.99. The van der Waals surface area contributed by atoms with Gasteiger partial charge in [0.2, 0.25) is 0 Å². The molecule has 0 radical (unpaired) electrons. The van der Waals surface area contributed by atoms with Gasteiger partial charge < -0.3 is 5.32 Å². The highest BCUT2D eigenvalue weighted by Crippen LogP contribution is 2.32. The molecule has 2 aliphatic rings. The summed E-state index contributed by atoms with van der Waals surface area (Å²) in [6, 6.07) is 2.56. The molecule has 1 saturated heterocycles. The van der Waals surface area contributed by atoms with Crippen LogP contribution in [0.4, 0.5) is 0 Å². The fourth-order valence-electron chi connectivity index (χ4n) is 2.67. The number of nitrogens with zero attached hydrogens (tertiary/aromatic N) is 1. The molecule has 2 atom stereocenters. The lowest BCUT2D eigenvalue weighted by Gasteiger charge is -2.38. The van der Waals surface area contributed by atoms with Crippen molar-refractivity contribution in [3.8, 4) is 0 Å². The summed E-state index contributed by atoms with van der Waals surface area (Å²) < 4.78 is 0. The summed E-state index contributed by atoms with van der Waals surface area (Å²) in [6.07, 6.45) is 6.89. The quantitative estimate of drug-likeness (QED) is 0.740. The van der Waals surface area contributed by atoms with E-state index in [2.05, 4.69) is 24.1 Å². The van der Waals surface area contributed by atoms with Crippen LogP contribution in [0, 0.1) is 0 Å². The highest BCUT2D eigenvalue weighted by molar-refractivity contribution is 4.92. The maximum atomic E-state index is 3.65. The van der Waals surface area contributed by atoms with Crippen LogP contribution in [-0.2, 0) is 0 Å². The first kappa shape index (κ1) is 10.4. The van der Waals surface area contributed by atoms with E-state index in [4.69, 9.17) is 0 Å². The first-order valence-electron chi connectivity index (χ1n) is 6.30. The van der Waals surface area contributed by atoms with Crippen LogP contribution in [0.15, 0.2) is 0 Å². The number of hydrogen-bond donors (Lipinski definition) is 1. The maximum Gasteiger partial charge on any atom is 0.00992 e. The third-order valence-electron chi connectivity index (χ3n) is 3.63. The van der Waals surface area contributed by atoms with Crippen molar-refractivity contribution in [2.24, 2.45) is 0 Å². The van der Waals surface area contributed by atoms with Gasteiger partial charge in [0.15, 0.2) is 0 Å². The van der Waals surface area contributed by atoms with Gasteiger partial charge in [0.1, 0.15) is 0 Å². The molecule has 2 rings (SSSR count). The van der Waals surface area contributed by atoms with Crippen LogP contribution in [-0.4, -0.2) is 36.1 Å². The van der Waals surface area contributed by atoms with Gasteiger partial charge in [-0.15, -0.1) is 0 Å². The number of likely N-dealkylation sites (tertiary alicyclic amines) is 1. The SMILES string of the molecule is CCCNC1CCN(C2CC2)C(C)C1. The lowest BCUT2D eigenvalue weighted by atomic mass is 9.98. The first-order valence-corrected chi connectivity index (χ1v) is 6.30. The molecular weight excluding hydrogens is 172 g/mol. The Labute approximate surface area is 88.1 Å². The van der Waals surface area contributed by atoms with Gasteiger partial charge in [0.25, 0.3) is 0 Å². The minimum atomic E-state index is 0.792. The predicted molar refractivity (Wildman–Crippen MR) is 60.5 cm³/mol. The molecule has 2 nitrogen and oxygen atoms in total. The third kappa shape index (κ3) is 2.48. The Kier molecular flexibility index (Phi) is 3.45. The van der Waals surface area contributed by atoms with Gasteiger partial charge in [0, 0.05) is 24.7 Å². The van der Waals surface area contributed by atoms with E-state index in [-0.39, 0.29) is 0 Å². The lowest BCUT2D eigenvalue weighted by molar-refractivity contribution is 0.128. The molecule has 82 valence electrons. The van der Waals surface area contributed by atoms with E-state index < -0.39 is 0 Å². The molecule has 0 spiro atoms. The zero-order valence-corrected chi connectivity index (χ0v) is 9.63. The van der Waals surface area contributed by atoms with Crippen molar-refractivity contribution in [1.29, 1.82) is 0 Å². The molecule has 2 heteroatoms. The molecule has 0 aromatic rings. The van der Waals surface area contributed by atoms with Gasteiger partial charge in [-0.05, 0) is 45.6 Å². The normalized spacial score (nSPS) is 34.7. The summed E-state index contributed by atoms with van der Waals surface area (Å²) >= 11 is 0. The average molecular weight is 196 g/mol. The van der Waals surface area contributed by atoms with Crippen LogP contribution >= 0.6 is 0 Å². The van der Waals surface area contributed by atoms with Crippen molar-refractivity contribution in [2.45, 2.75) is 64.1 Å². The molecular formula is C12H24N2. The van der Waals surface area contributed by atoms with Crippen molar-refractivity contribution in [3.05, 3.63) is 0 Å². The van der Waals surface area contributed by atoms with Gasteiger partial charge in [0.05, 0.1) is 0 Å². The van der Waals surface area contributed by atoms with Gasteiger partial charge in [-0.2, -0.15) is 0 Å². The molecule has 1 heterocycles. The van der Waals surface area contributed by atoms with Crippen molar-refractivity contribution in [3.63, 3.8) is 0 Å². The monoisotopic (exact) mass is 196 g/mol. The Morgan fingerprint density at radius 2 is 2.07 bits per heavy atom. The van der Waals surface area contributed by atoms with E-state index in [1.807, 2.05) is 0 Å². The summed E-state index contributed by atoms with van der Waals surface area (Å²) in [4.78, 5) is 2.73. The van der Waals surface area contributed by atoms with Crippen molar-refractivity contribution >= 4 is 0 Å². The molecule has 1 aliphatic carbocycles. The summed E-state index contributed by atoms with van der Waals surface area (Å²) in [5.74, 6) is 0. The van der Waals surface area contributed by atoms with Crippen LogP contribution in [0.2, 0.25) is 0 Å². The molecule has 2 fully saturated rings.